The largest absolute Gasteiger partial charge is 0.497 e. The lowest BCUT2D eigenvalue weighted by molar-refractivity contribution is -0.137. The third-order valence-corrected chi connectivity index (χ3v) is 6.95. The molecule has 0 aliphatic heterocycles. The minimum atomic E-state index is -4.45. The number of rotatable bonds is 8. The number of hydrogen-bond donors (Lipinski definition) is 2. The zero-order valence-corrected chi connectivity index (χ0v) is 22.4. The van der Waals surface area contributed by atoms with Crippen molar-refractivity contribution in [3.05, 3.63) is 102 Å². The number of nitrogens with zero attached hydrogens (tertiary/aromatic N) is 1. The standard InChI is InChI=1S/C31H28F3N3O4/c1-37-18-23(17-27(37)41-30(39)36-28(20-7-8-20)21-11-15-24(40-2)16-12-21)35-29(38)26-6-4-3-5-25(26)19-9-13-22(14-10-19)31(32,33)34/h3-6,9-18,20,28H,7-8H2,1-2H3,(H,35,38)(H,36,39). The van der Waals surface area contributed by atoms with Gasteiger partial charge in [0.05, 0.1) is 24.4 Å². The van der Waals surface area contributed by atoms with Crippen molar-refractivity contribution in [1.29, 1.82) is 0 Å². The Labute approximate surface area is 234 Å². The van der Waals surface area contributed by atoms with E-state index in [1.165, 1.54) is 18.2 Å². The number of alkyl halides is 3. The Hall–Kier alpha value is -4.73. The minimum absolute atomic E-state index is 0.199. The summed E-state index contributed by atoms with van der Waals surface area (Å²) in [6.45, 7) is 0. The molecule has 1 aromatic heterocycles. The Kier molecular flexibility index (Phi) is 7.74. The normalized spacial score (nSPS) is 13.8. The first-order valence-electron chi connectivity index (χ1n) is 13.0. The highest BCUT2D eigenvalue weighted by Crippen LogP contribution is 2.41. The Bertz CT molecular complexity index is 1540. The van der Waals surface area contributed by atoms with E-state index >= 15 is 0 Å². The highest BCUT2D eigenvalue weighted by atomic mass is 19.4. The molecule has 7 nitrogen and oxygen atoms in total. The van der Waals surface area contributed by atoms with Gasteiger partial charge in [-0.3, -0.25) is 4.79 Å². The number of halogens is 3. The zero-order valence-electron chi connectivity index (χ0n) is 22.4. The first kappa shape index (κ1) is 27.8. The fraction of sp³-hybridized carbons (Fsp3) is 0.226. The summed E-state index contributed by atoms with van der Waals surface area (Å²) < 4.78 is 51.3. The van der Waals surface area contributed by atoms with Gasteiger partial charge in [-0.15, -0.1) is 0 Å². The molecule has 2 N–H and O–H groups in total. The second-order valence-corrected chi connectivity index (χ2v) is 9.87. The lowest BCUT2D eigenvalue weighted by Gasteiger charge is -2.19. The van der Waals surface area contributed by atoms with Crippen LogP contribution in [0, 0.1) is 5.92 Å². The second kappa shape index (κ2) is 11.4. The summed E-state index contributed by atoms with van der Waals surface area (Å²) >= 11 is 0. The Morgan fingerprint density at radius 3 is 2.29 bits per heavy atom. The molecule has 1 atom stereocenters. The number of amides is 2. The number of hydrogen-bond acceptors (Lipinski definition) is 4. The van der Waals surface area contributed by atoms with Crippen LogP contribution in [0.25, 0.3) is 11.1 Å². The van der Waals surface area contributed by atoms with E-state index in [9.17, 15) is 22.8 Å². The van der Waals surface area contributed by atoms with Gasteiger partial charge in [-0.25, -0.2) is 4.79 Å². The molecule has 3 aromatic carbocycles. The molecule has 1 fully saturated rings. The van der Waals surface area contributed by atoms with Crippen LogP contribution in [0.4, 0.5) is 23.7 Å². The van der Waals surface area contributed by atoms with Crippen molar-refractivity contribution >= 4 is 17.7 Å². The Balaban J connectivity index is 1.27. The third kappa shape index (κ3) is 6.54. The van der Waals surface area contributed by atoms with Gasteiger partial charge >= 0.3 is 12.3 Å². The predicted octanol–water partition coefficient (Wildman–Crippen LogP) is 7.21. The predicted molar refractivity (Wildman–Crippen MR) is 148 cm³/mol. The summed E-state index contributed by atoms with van der Waals surface area (Å²) in [6, 6.07) is 20.1. The van der Waals surface area contributed by atoms with Crippen molar-refractivity contribution in [2.24, 2.45) is 13.0 Å². The van der Waals surface area contributed by atoms with E-state index in [-0.39, 0.29) is 17.5 Å². The topological polar surface area (TPSA) is 81.6 Å². The lowest BCUT2D eigenvalue weighted by atomic mass is 9.98. The number of methoxy groups -OCH3 is 1. The molecule has 1 unspecified atom stereocenters. The summed E-state index contributed by atoms with van der Waals surface area (Å²) in [7, 11) is 3.27. The van der Waals surface area contributed by atoms with Crippen molar-refractivity contribution in [2.45, 2.75) is 25.1 Å². The first-order chi connectivity index (χ1) is 19.6. The monoisotopic (exact) mass is 563 g/mol. The Morgan fingerprint density at radius 1 is 0.976 bits per heavy atom. The first-order valence-corrected chi connectivity index (χ1v) is 13.0. The van der Waals surface area contributed by atoms with E-state index in [1.54, 1.807) is 49.2 Å². The van der Waals surface area contributed by atoms with Crippen molar-refractivity contribution < 1.29 is 32.2 Å². The molecule has 0 spiro atoms. The molecule has 0 saturated heterocycles. The highest BCUT2D eigenvalue weighted by molar-refractivity contribution is 6.08. The summed E-state index contributed by atoms with van der Waals surface area (Å²) in [4.78, 5) is 26.0. The second-order valence-electron chi connectivity index (χ2n) is 9.87. The average Bonchev–Trinajstić information content (AvgIpc) is 3.75. The van der Waals surface area contributed by atoms with E-state index in [2.05, 4.69) is 10.6 Å². The molecule has 5 rings (SSSR count). The number of carbonyl (C=O) groups excluding carboxylic acids is 2. The van der Waals surface area contributed by atoms with Gasteiger partial charge in [-0.1, -0.05) is 42.5 Å². The maximum Gasteiger partial charge on any atom is 0.416 e. The molecule has 1 saturated carbocycles. The van der Waals surface area contributed by atoms with Crippen LogP contribution in [-0.2, 0) is 13.2 Å². The molecule has 2 amide bonds. The van der Waals surface area contributed by atoms with Crippen LogP contribution in [-0.4, -0.2) is 23.7 Å². The molecule has 1 heterocycles. The zero-order chi connectivity index (χ0) is 29.1. The van der Waals surface area contributed by atoms with Crippen LogP contribution < -0.4 is 20.1 Å². The van der Waals surface area contributed by atoms with E-state index < -0.39 is 23.7 Å². The SMILES string of the molecule is COc1ccc(C(NC(=O)Oc2cc(NC(=O)c3ccccc3-c3ccc(C(F)(F)F)cc3)cn2C)C2CC2)cc1. The van der Waals surface area contributed by atoms with Crippen LogP contribution in [0.1, 0.15) is 40.4 Å². The molecule has 1 aliphatic rings. The van der Waals surface area contributed by atoms with Crippen molar-refractivity contribution in [3.8, 4) is 22.8 Å². The minimum Gasteiger partial charge on any atom is -0.497 e. The van der Waals surface area contributed by atoms with Gasteiger partial charge < -0.3 is 24.7 Å². The molecule has 0 bridgehead atoms. The molecule has 0 radical (unpaired) electrons. The smallest absolute Gasteiger partial charge is 0.416 e. The number of ether oxygens (including phenoxy) is 2. The summed E-state index contributed by atoms with van der Waals surface area (Å²) in [5, 5.41) is 5.73. The molecular weight excluding hydrogens is 535 g/mol. The van der Waals surface area contributed by atoms with E-state index in [0.29, 0.717) is 22.7 Å². The van der Waals surface area contributed by atoms with Crippen molar-refractivity contribution in [2.75, 3.05) is 12.4 Å². The number of aromatic nitrogens is 1. The Morgan fingerprint density at radius 2 is 1.66 bits per heavy atom. The maximum absolute atomic E-state index is 13.2. The van der Waals surface area contributed by atoms with Crippen LogP contribution >= 0.6 is 0 Å². The summed E-state index contributed by atoms with van der Waals surface area (Å²) in [5.74, 6) is 0.809. The molecule has 212 valence electrons. The van der Waals surface area contributed by atoms with Gasteiger partial charge in [-0.2, -0.15) is 13.2 Å². The third-order valence-electron chi connectivity index (χ3n) is 6.95. The quantitative estimate of drug-likeness (QED) is 0.237. The number of aryl methyl sites for hydroxylation is 1. The number of anilines is 1. The fourth-order valence-corrected chi connectivity index (χ4v) is 4.65. The van der Waals surface area contributed by atoms with Crippen LogP contribution in [0.2, 0.25) is 0 Å². The van der Waals surface area contributed by atoms with Gasteiger partial charge in [0.15, 0.2) is 0 Å². The van der Waals surface area contributed by atoms with E-state index in [0.717, 1.165) is 36.3 Å². The molecule has 4 aromatic rings. The highest BCUT2D eigenvalue weighted by Gasteiger charge is 2.34. The lowest BCUT2D eigenvalue weighted by Crippen LogP contribution is -2.32. The average molecular weight is 564 g/mol. The van der Waals surface area contributed by atoms with Crippen LogP contribution in [0.5, 0.6) is 11.6 Å². The van der Waals surface area contributed by atoms with Gasteiger partial charge in [0, 0.05) is 24.9 Å². The molecule has 10 heteroatoms. The van der Waals surface area contributed by atoms with Crippen molar-refractivity contribution in [1.82, 2.24) is 9.88 Å². The van der Waals surface area contributed by atoms with Gasteiger partial charge in [0.1, 0.15) is 5.75 Å². The number of nitrogens with one attached hydrogen (secondary N) is 2. The van der Waals surface area contributed by atoms with Crippen LogP contribution in [0.15, 0.2) is 85.1 Å². The number of carbonyl (C=O) groups is 2. The molecule has 41 heavy (non-hydrogen) atoms. The van der Waals surface area contributed by atoms with E-state index in [4.69, 9.17) is 9.47 Å². The maximum atomic E-state index is 13.2. The number of benzene rings is 3. The van der Waals surface area contributed by atoms with Gasteiger partial charge in [-0.05, 0) is 65.8 Å². The van der Waals surface area contributed by atoms with Crippen LogP contribution in [0.3, 0.4) is 0 Å². The summed E-state index contributed by atoms with van der Waals surface area (Å²) in [5.41, 5.74) is 1.81. The van der Waals surface area contributed by atoms with Gasteiger partial charge in [0.25, 0.3) is 5.91 Å². The van der Waals surface area contributed by atoms with Crippen molar-refractivity contribution in [3.63, 3.8) is 0 Å². The molecule has 1 aliphatic carbocycles. The van der Waals surface area contributed by atoms with Gasteiger partial charge in [0.2, 0.25) is 5.88 Å². The molecular formula is C31H28F3N3O4. The van der Waals surface area contributed by atoms with E-state index in [1.807, 2.05) is 24.3 Å². The fourth-order valence-electron chi connectivity index (χ4n) is 4.65. The summed E-state index contributed by atoms with van der Waals surface area (Å²) in [6.07, 6.45) is -1.46.